The highest BCUT2D eigenvalue weighted by molar-refractivity contribution is 5.89. The van der Waals surface area contributed by atoms with Gasteiger partial charge in [0.25, 0.3) is 0 Å². The summed E-state index contributed by atoms with van der Waals surface area (Å²) in [6.45, 7) is 7.79. The van der Waals surface area contributed by atoms with Crippen LogP contribution >= 0.6 is 0 Å². The molecule has 0 radical (unpaired) electrons. The highest BCUT2D eigenvalue weighted by Gasteiger charge is 2.39. The molecule has 2 aromatic rings. The van der Waals surface area contributed by atoms with E-state index in [9.17, 15) is 15.0 Å². The van der Waals surface area contributed by atoms with E-state index in [0.29, 0.717) is 12.8 Å². The lowest BCUT2D eigenvalue weighted by Gasteiger charge is -2.33. The van der Waals surface area contributed by atoms with Crippen LogP contribution in [-0.2, 0) is 17.6 Å². The van der Waals surface area contributed by atoms with E-state index >= 15 is 0 Å². The maximum Gasteiger partial charge on any atom is 0.144 e. The number of benzene rings is 2. The first-order valence-corrected chi connectivity index (χ1v) is 8.21. The normalized spacial score (nSPS) is 12.2. The number of Topliss-reactive ketones (excluding diaryl/α,β-unsaturated/α-hetero) is 1. The molecular formula is C21H26O3. The number of hydrogen-bond donors (Lipinski definition) is 2. The van der Waals surface area contributed by atoms with Crippen LogP contribution in [0.4, 0.5) is 0 Å². The second kappa shape index (κ2) is 6.68. The fourth-order valence-corrected chi connectivity index (χ4v) is 3.43. The average Bonchev–Trinajstić information content (AvgIpc) is 2.45. The van der Waals surface area contributed by atoms with Gasteiger partial charge in [-0.05, 0) is 48.2 Å². The van der Waals surface area contributed by atoms with Crippen molar-refractivity contribution >= 4 is 5.78 Å². The smallest absolute Gasteiger partial charge is 0.144 e. The number of phenolic OH excluding ortho intramolecular Hbond substituents is 2. The summed E-state index contributed by atoms with van der Waals surface area (Å²) in [7, 11) is 0. The van der Waals surface area contributed by atoms with Crippen molar-refractivity contribution in [2.75, 3.05) is 0 Å². The average molecular weight is 326 g/mol. The lowest BCUT2D eigenvalue weighted by molar-refractivity contribution is -0.135. The van der Waals surface area contributed by atoms with Crippen molar-refractivity contribution < 1.29 is 15.0 Å². The van der Waals surface area contributed by atoms with E-state index in [4.69, 9.17) is 0 Å². The Morgan fingerprint density at radius 3 is 1.50 bits per heavy atom. The zero-order chi connectivity index (χ0) is 18.0. The summed E-state index contributed by atoms with van der Waals surface area (Å²) in [5.41, 5.74) is 0.797. The molecule has 0 saturated carbocycles. The van der Waals surface area contributed by atoms with E-state index in [1.165, 1.54) is 0 Å². The SMILES string of the molecule is CC(C)(Cc1cccc(O)c1)C(=O)C(C)(C)Cc1cccc(O)c1. The van der Waals surface area contributed by atoms with Gasteiger partial charge in [-0.15, -0.1) is 0 Å². The first-order chi connectivity index (χ1) is 11.1. The third-order valence-corrected chi connectivity index (χ3v) is 4.34. The molecule has 24 heavy (non-hydrogen) atoms. The van der Waals surface area contributed by atoms with E-state index in [1.54, 1.807) is 36.4 Å². The molecule has 0 atom stereocenters. The van der Waals surface area contributed by atoms with Gasteiger partial charge < -0.3 is 10.2 Å². The van der Waals surface area contributed by atoms with Gasteiger partial charge in [0.15, 0.2) is 0 Å². The van der Waals surface area contributed by atoms with Crippen molar-refractivity contribution in [1.29, 1.82) is 0 Å². The first-order valence-electron chi connectivity index (χ1n) is 8.21. The van der Waals surface area contributed by atoms with Gasteiger partial charge in [0.05, 0.1) is 0 Å². The number of rotatable bonds is 6. The minimum atomic E-state index is -0.548. The summed E-state index contributed by atoms with van der Waals surface area (Å²) in [5, 5.41) is 19.2. The Labute approximate surface area is 144 Å². The van der Waals surface area contributed by atoms with Crippen LogP contribution < -0.4 is 0 Å². The number of aromatic hydroxyl groups is 2. The van der Waals surface area contributed by atoms with Gasteiger partial charge >= 0.3 is 0 Å². The molecule has 3 heteroatoms. The predicted molar refractivity (Wildman–Crippen MR) is 96.2 cm³/mol. The molecule has 128 valence electrons. The van der Waals surface area contributed by atoms with Crippen LogP contribution in [0.15, 0.2) is 48.5 Å². The summed E-state index contributed by atoms with van der Waals surface area (Å²) in [6, 6.07) is 14.1. The summed E-state index contributed by atoms with van der Waals surface area (Å²) >= 11 is 0. The number of ketones is 1. The molecule has 0 heterocycles. The molecule has 2 N–H and O–H groups in total. The maximum absolute atomic E-state index is 13.1. The third-order valence-electron chi connectivity index (χ3n) is 4.34. The van der Waals surface area contributed by atoms with Crippen molar-refractivity contribution in [3.8, 4) is 11.5 Å². The molecule has 0 amide bonds. The molecule has 0 fully saturated rings. The Hall–Kier alpha value is -2.29. The minimum absolute atomic E-state index is 0.168. The van der Waals surface area contributed by atoms with E-state index in [2.05, 4.69) is 0 Å². The van der Waals surface area contributed by atoms with Gasteiger partial charge in [-0.25, -0.2) is 0 Å². The largest absolute Gasteiger partial charge is 0.508 e. The molecule has 3 nitrogen and oxygen atoms in total. The molecule has 0 aliphatic carbocycles. The number of carbonyl (C=O) groups excluding carboxylic acids is 1. The molecule has 2 aromatic carbocycles. The summed E-state index contributed by atoms with van der Waals surface area (Å²) < 4.78 is 0. The monoisotopic (exact) mass is 326 g/mol. The summed E-state index contributed by atoms with van der Waals surface area (Å²) in [4.78, 5) is 13.1. The standard InChI is InChI=1S/C21H26O3/c1-20(2,13-15-7-5-9-17(22)11-15)19(24)21(3,4)14-16-8-6-10-18(23)12-16/h5-12,22-23H,13-14H2,1-4H3. The second-order valence-electron chi connectivity index (χ2n) is 7.79. The van der Waals surface area contributed by atoms with Crippen molar-refractivity contribution in [3.05, 3.63) is 59.7 Å². The highest BCUT2D eigenvalue weighted by Crippen LogP contribution is 2.35. The predicted octanol–water partition coefficient (Wildman–Crippen LogP) is 4.50. The molecule has 0 aromatic heterocycles. The Morgan fingerprint density at radius 1 is 0.792 bits per heavy atom. The van der Waals surface area contributed by atoms with E-state index in [0.717, 1.165) is 11.1 Å². The molecule has 0 bridgehead atoms. The lowest BCUT2D eigenvalue weighted by atomic mass is 9.68. The summed E-state index contributed by atoms with van der Waals surface area (Å²) in [6.07, 6.45) is 1.15. The third kappa shape index (κ3) is 4.38. The van der Waals surface area contributed by atoms with Crippen molar-refractivity contribution in [3.63, 3.8) is 0 Å². The van der Waals surface area contributed by atoms with Gasteiger partial charge in [-0.1, -0.05) is 52.0 Å². The first kappa shape index (κ1) is 18.1. The van der Waals surface area contributed by atoms with E-state index in [-0.39, 0.29) is 17.3 Å². The van der Waals surface area contributed by atoms with Crippen LogP contribution in [0.25, 0.3) is 0 Å². The second-order valence-corrected chi connectivity index (χ2v) is 7.79. The quantitative estimate of drug-likeness (QED) is 0.821. The highest BCUT2D eigenvalue weighted by atomic mass is 16.3. The van der Waals surface area contributed by atoms with Gasteiger partial charge in [-0.2, -0.15) is 0 Å². The molecule has 0 aliphatic heterocycles. The van der Waals surface area contributed by atoms with Crippen LogP contribution in [0, 0.1) is 10.8 Å². The lowest BCUT2D eigenvalue weighted by Crippen LogP contribution is -2.39. The Balaban J connectivity index is 2.17. The fourth-order valence-electron chi connectivity index (χ4n) is 3.43. The zero-order valence-corrected chi connectivity index (χ0v) is 14.8. The maximum atomic E-state index is 13.1. The van der Waals surface area contributed by atoms with Gasteiger partial charge in [0.2, 0.25) is 0 Å². The van der Waals surface area contributed by atoms with Crippen molar-refractivity contribution in [2.24, 2.45) is 10.8 Å². The molecular weight excluding hydrogens is 300 g/mol. The van der Waals surface area contributed by atoms with Crippen molar-refractivity contribution in [2.45, 2.75) is 40.5 Å². The van der Waals surface area contributed by atoms with Gasteiger partial charge in [-0.3, -0.25) is 4.79 Å². The van der Waals surface area contributed by atoms with Crippen LogP contribution in [-0.4, -0.2) is 16.0 Å². The van der Waals surface area contributed by atoms with Crippen LogP contribution in [0.3, 0.4) is 0 Å². The van der Waals surface area contributed by atoms with E-state index < -0.39 is 10.8 Å². The molecule has 2 rings (SSSR count). The molecule has 0 aliphatic rings. The van der Waals surface area contributed by atoms with E-state index in [1.807, 2.05) is 39.8 Å². The van der Waals surface area contributed by atoms with Crippen LogP contribution in [0.2, 0.25) is 0 Å². The molecule has 0 unspecified atom stereocenters. The number of carbonyl (C=O) groups is 1. The van der Waals surface area contributed by atoms with Crippen LogP contribution in [0.5, 0.6) is 11.5 Å². The van der Waals surface area contributed by atoms with Crippen molar-refractivity contribution in [1.82, 2.24) is 0 Å². The van der Waals surface area contributed by atoms with Gasteiger partial charge in [0.1, 0.15) is 17.3 Å². The number of phenols is 2. The molecule has 0 spiro atoms. The summed E-state index contributed by atoms with van der Waals surface area (Å²) in [5.74, 6) is 0.603. The Bertz CT molecular complexity index is 668. The van der Waals surface area contributed by atoms with Gasteiger partial charge in [0, 0.05) is 10.8 Å². The Morgan fingerprint density at radius 2 is 1.17 bits per heavy atom. The zero-order valence-electron chi connectivity index (χ0n) is 14.8. The topological polar surface area (TPSA) is 57.5 Å². The van der Waals surface area contributed by atoms with Crippen LogP contribution in [0.1, 0.15) is 38.8 Å². The molecule has 0 saturated heterocycles. The fraction of sp³-hybridized carbons (Fsp3) is 0.381. The minimum Gasteiger partial charge on any atom is -0.508 e. The number of hydrogen-bond acceptors (Lipinski definition) is 3. The Kier molecular flexibility index (Phi) is 5.02.